The largest absolute Gasteiger partial charge is 0.480 e. The van der Waals surface area contributed by atoms with E-state index in [1.807, 2.05) is 0 Å². The zero-order valence-corrected chi connectivity index (χ0v) is 13.6. The van der Waals surface area contributed by atoms with Crippen LogP contribution in [-0.4, -0.2) is 24.7 Å². The number of carbonyl (C=O) groups is 1. The molecule has 6 heteroatoms. The van der Waals surface area contributed by atoms with Gasteiger partial charge in [0, 0.05) is 23.2 Å². The first-order chi connectivity index (χ1) is 9.95. The van der Waals surface area contributed by atoms with E-state index in [2.05, 4.69) is 5.32 Å². The van der Waals surface area contributed by atoms with Gasteiger partial charge < -0.3 is 14.8 Å². The minimum atomic E-state index is -0.419. The average molecular weight is 332 g/mol. The third kappa shape index (κ3) is 5.38. The van der Waals surface area contributed by atoms with Crippen molar-refractivity contribution in [3.05, 3.63) is 27.7 Å². The third-order valence-corrected chi connectivity index (χ3v) is 3.44. The highest BCUT2D eigenvalue weighted by molar-refractivity contribution is 6.35. The van der Waals surface area contributed by atoms with Crippen LogP contribution in [0.5, 0.6) is 5.75 Å². The maximum atomic E-state index is 11.6. The standard InChI is InChI=1S/C15H19Cl2NO3/c1-9(2)21-14(19)8-20-15-10(7-18-12-3-4-12)5-11(16)6-13(15)17/h5-6,9,12,18H,3-4,7-8H2,1-2H3. The van der Waals surface area contributed by atoms with E-state index in [1.54, 1.807) is 26.0 Å². The van der Waals surface area contributed by atoms with Gasteiger partial charge >= 0.3 is 5.97 Å². The Labute approximate surface area is 134 Å². The van der Waals surface area contributed by atoms with Gasteiger partial charge in [-0.05, 0) is 38.8 Å². The summed E-state index contributed by atoms with van der Waals surface area (Å²) in [5.41, 5.74) is 0.844. The van der Waals surface area contributed by atoms with E-state index in [9.17, 15) is 4.79 Å². The first-order valence-electron chi connectivity index (χ1n) is 6.99. The van der Waals surface area contributed by atoms with Gasteiger partial charge in [-0.3, -0.25) is 0 Å². The smallest absolute Gasteiger partial charge is 0.344 e. The molecule has 0 heterocycles. The molecule has 0 saturated heterocycles. The summed E-state index contributed by atoms with van der Waals surface area (Å²) in [6.07, 6.45) is 2.20. The first-order valence-corrected chi connectivity index (χ1v) is 7.75. The van der Waals surface area contributed by atoms with Gasteiger partial charge in [0.2, 0.25) is 0 Å². The van der Waals surface area contributed by atoms with Gasteiger partial charge in [-0.1, -0.05) is 23.2 Å². The second kappa shape index (κ2) is 7.34. The Morgan fingerprint density at radius 3 is 2.71 bits per heavy atom. The highest BCUT2D eigenvalue weighted by atomic mass is 35.5. The molecule has 0 unspecified atom stereocenters. The van der Waals surface area contributed by atoms with E-state index >= 15 is 0 Å². The molecule has 1 saturated carbocycles. The highest BCUT2D eigenvalue weighted by Gasteiger charge is 2.21. The number of nitrogens with one attached hydrogen (secondary N) is 1. The normalized spacial score (nSPS) is 14.3. The van der Waals surface area contributed by atoms with Crippen LogP contribution in [-0.2, 0) is 16.1 Å². The number of carbonyl (C=O) groups excluding carboxylic acids is 1. The molecule has 1 N–H and O–H groups in total. The molecule has 0 spiro atoms. The van der Waals surface area contributed by atoms with Gasteiger partial charge in [0.1, 0.15) is 5.75 Å². The van der Waals surface area contributed by atoms with Crippen molar-refractivity contribution in [1.82, 2.24) is 5.32 Å². The SMILES string of the molecule is CC(C)OC(=O)COc1c(Cl)cc(Cl)cc1CNC1CC1. The summed E-state index contributed by atoms with van der Waals surface area (Å²) < 4.78 is 10.6. The molecular weight excluding hydrogens is 313 g/mol. The van der Waals surface area contributed by atoms with Crippen LogP contribution in [0.1, 0.15) is 32.3 Å². The van der Waals surface area contributed by atoms with Crippen LogP contribution < -0.4 is 10.1 Å². The lowest BCUT2D eigenvalue weighted by atomic mass is 10.2. The number of hydrogen-bond acceptors (Lipinski definition) is 4. The number of hydrogen-bond donors (Lipinski definition) is 1. The molecule has 0 atom stereocenters. The molecule has 1 aromatic carbocycles. The molecule has 0 amide bonds. The lowest BCUT2D eigenvalue weighted by Gasteiger charge is -2.15. The summed E-state index contributed by atoms with van der Waals surface area (Å²) in [6, 6.07) is 3.96. The zero-order valence-electron chi connectivity index (χ0n) is 12.1. The molecule has 1 aliphatic carbocycles. The second-order valence-electron chi connectivity index (χ2n) is 5.36. The predicted octanol–water partition coefficient (Wildman–Crippen LogP) is 3.58. The first kappa shape index (κ1) is 16.4. The van der Waals surface area contributed by atoms with E-state index in [4.69, 9.17) is 32.7 Å². The van der Waals surface area contributed by atoms with Crippen LogP contribution in [0.2, 0.25) is 10.0 Å². The Balaban J connectivity index is 2.03. The molecule has 0 aromatic heterocycles. The van der Waals surface area contributed by atoms with Gasteiger partial charge in [-0.2, -0.15) is 0 Å². The molecule has 1 fully saturated rings. The number of esters is 1. The van der Waals surface area contributed by atoms with Crippen LogP contribution in [0.25, 0.3) is 0 Å². The minimum absolute atomic E-state index is 0.169. The fourth-order valence-electron chi connectivity index (χ4n) is 1.88. The lowest BCUT2D eigenvalue weighted by Crippen LogP contribution is -2.20. The van der Waals surface area contributed by atoms with Gasteiger partial charge in [0.15, 0.2) is 6.61 Å². The van der Waals surface area contributed by atoms with E-state index in [0.717, 1.165) is 5.56 Å². The number of benzene rings is 1. The van der Waals surface area contributed by atoms with Crippen LogP contribution in [0, 0.1) is 0 Å². The molecule has 116 valence electrons. The molecule has 21 heavy (non-hydrogen) atoms. The van der Waals surface area contributed by atoms with Crippen molar-refractivity contribution >= 4 is 29.2 Å². The van der Waals surface area contributed by atoms with Gasteiger partial charge in [-0.15, -0.1) is 0 Å². The van der Waals surface area contributed by atoms with Crippen molar-refractivity contribution in [3.63, 3.8) is 0 Å². The lowest BCUT2D eigenvalue weighted by molar-refractivity contribution is -0.149. The molecule has 1 aromatic rings. The number of halogens is 2. The summed E-state index contributed by atoms with van der Waals surface area (Å²) in [7, 11) is 0. The molecule has 0 bridgehead atoms. The molecule has 0 aliphatic heterocycles. The molecule has 1 aliphatic rings. The van der Waals surface area contributed by atoms with E-state index in [0.29, 0.717) is 28.4 Å². The summed E-state index contributed by atoms with van der Waals surface area (Å²) in [5.74, 6) is 0.0621. The predicted molar refractivity (Wildman–Crippen MR) is 83.0 cm³/mol. The number of ether oxygens (including phenoxy) is 2. The summed E-state index contributed by atoms with van der Waals surface area (Å²) >= 11 is 12.2. The van der Waals surface area contributed by atoms with Crippen LogP contribution in [0.3, 0.4) is 0 Å². The quantitative estimate of drug-likeness (QED) is 0.776. The highest BCUT2D eigenvalue weighted by Crippen LogP contribution is 2.33. The topological polar surface area (TPSA) is 47.6 Å². The average Bonchev–Trinajstić information content (AvgIpc) is 3.17. The number of rotatable bonds is 7. The molecule has 0 radical (unpaired) electrons. The van der Waals surface area contributed by atoms with Crippen molar-refractivity contribution in [1.29, 1.82) is 0 Å². The van der Waals surface area contributed by atoms with Crippen molar-refractivity contribution in [2.75, 3.05) is 6.61 Å². The maximum absolute atomic E-state index is 11.6. The summed E-state index contributed by atoms with van der Waals surface area (Å²) in [4.78, 5) is 11.6. The fourth-order valence-corrected chi connectivity index (χ4v) is 2.47. The third-order valence-electron chi connectivity index (χ3n) is 2.95. The van der Waals surface area contributed by atoms with Gasteiger partial charge in [0.25, 0.3) is 0 Å². The van der Waals surface area contributed by atoms with Crippen LogP contribution in [0.15, 0.2) is 12.1 Å². The van der Waals surface area contributed by atoms with E-state index < -0.39 is 5.97 Å². The van der Waals surface area contributed by atoms with E-state index in [1.165, 1.54) is 12.8 Å². The van der Waals surface area contributed by atoms with Crippen molar-refractivity contribution in [2.45, 2.75) is 45.4 Å². The Hall–Kier alpha value is -0.970. The minimum Gasteiger partial charge on any atom is -0.480 e. The van der Waals surface area contributed by atoms with Crippen molar-refractivity contribution in [3.8, 4) is 5.75 Å². The van der Waals surface area contributed by atoms with Crippen molar-refractivity contribution in [2.24, 2.45) is 0 Å². The molecule has 4 nitrogen and oxygen atoms in total. The Kier molecular flexibility index (Phi) is 5.73. The Bertz CT molecular complexity index is 516. The molecule has 2 rings (SSSR count). The van der Waals surface area contributed by atoms with E-state index in [-0.39, 0.29) is 12.7 Å². The summed E-state index contributed by atoms with van der Waals surface area (Å²) in [5, 5.41) is 4.32. The zero-order chi connectivity index (χ0) is 15.4. The second-order valence-corrected chi connectivity index (χ2v) is 6.20. The summed E-state index contributed by atoms with van der Waals surface area (Å²) in [6.45, 7) is 4.02. The monoisotopic (exact) mass is 331 g/mol. The van der Waals surface area contributed by atoms with Crippen LogP contribution in [0.4, 0.5) is 0 Å². The van der Waals surface area contributed by atoms with Crippen molar-refractivity contribution < 1.29 is 14.3 Å². The van der Waals surface area contributed by atoms with Gasteiger partial charge in [0.05, 0.1) is 11.1 Å². The fraction of sp³-hybridized carbons (Fsp3) is 0.533. The maximum Gasteiger partial charge on any atom is 0.344 e. The molecular formula is C15H19Cl2NO3. The Morgan fingerprint density at radius 2 is 2.10 bits per heavy atom. The van der Waals surface area contributed by atoms with Gasteiger partial charge in [-0.25, -0.2) is 4.79 Å². The van der Waals surface area contributed by atoms with Crippen LogP contribution >= 0.6 is 23.2 Å². The Morgan fingerprint density at radius 1 is 1.38 bits per heavy atom.